The van der Waals surface area contributed by atoms with Crippen LogP contribution in [0.1, 0.15) is 52.9 Å². The summed E-state index contributed by atoms with van der Waals surface area (Å²) in [5.74, 6) is 1.94. The normalized spacial score (nSPS) is 17.7. The third-order valence-electron chi connectivity index (χ3n) is 7.47. The number of esters is 1. The number of rotatable bonds is 6. The molecule has 2 heterocycles. The van der Waals surface area contributed by atoms with E-state index in [1.54, 1.807) is 37.3 Å². The summed E-state index contributed by atoms with van der Waals surface area (Å²) in [6.45, 7) is 2.16. The van der Waals surface area contributed by atoms with E-state index in [1.807, 2.05) is 12.1 Å². The first-order valence-electron chi connectivity index (χ1n) is 12.9. The van der Waals surface area contributed by atoms with Gasteiger partial charge in [0.25, 0.3) is 0 Å². The molecule has 0 saturated carbocycles. The standard InChI is InChI=1S/C30H26F3N3O4/c1-16-34-29(36-35-16)18-5-3-17(4-6-18)28-23-10-12-25(22(23)9-11-24(28)30(31,32)33)40-20-7-8-21-19(13-27(37)38-2)15-39-26(21)14-20/h3-9,11,14,19,25H,10,12-13,15H2,1-2H3,(H,34,35,36)/t19?,25-/m1/s1. The topological polar surface area (TPSA) is 86.3 Å². The lowest BCUT2D eigenvalue weighted by Gasteiger charge is -2.20. The third-order valence-corrected chi connectivity index (χ3v) is 7.47. The van der Waals surface area contributed by atoms with Crippen LogP contribution in [0.3, 0.4) is 0 Å². The Kier molecular flexibility index (Phi) is 6.48. The van der Waals surface area contributed by atoms with E-state index in [9.17, 15) is 18.0 Å². The maximum Gasteiger partial charge on any atom is 0.417 e. The zero-order valence-electron chi connectivity index (χ0n) is 21.8. The zero-order chi connectivity index (χ0) is 28.0. The number of H-pyrrole nitrogens is 1. The lowest BCUT2D eigenvalue weighted by atomic mass is 9.91. The van der Waals surface area contributed by atoms with E-state index in [0.717, 1.165) is 17.2 Å². The van der Waals surface area contributed by atoms with Crippen LogP contribution >= 0.6 is 0 Å². The fraction of sp³-hybridized carbons (Fsp3) is 0.300. The molecular formula is C30H26F3N3O4. The lowest BCUT2D eigenvalue weighted by Crippen LogP contribution is -2.10. The molecule has 40 heavy (non-hydrogen) atoms. The highest BCUT2D eigenvalue weighted by Crippen LogP contribution is 2.47. The van der Waals surface area contributed by atoms with E-state index >= 15 is 0 Å². The molecule has 7 nitrogen and oxygen atoms in total. The van der Waals surface area contributed by atoms with Crippen molar-refractivity contribution in [3.05, 3.63) is 82.7 Å². The number of carbonyl (C=O) groups excluding carboxylic acids is 1. The van der Waals surface area contributed by atoms with Crippen LogP contribution in [0.5, 0.6) is 11.5 Å². The van der Waals surface area contributed by atoms with E-state index in [1.165, 1.54) is 13.2 Å². The number of aromatic nitrogens is 3. The number of benzene rings is 3. The molecular weight excluding hydrogens is 523 g/mol. The van der Waals surface area contributed by atoms with Gasteiger partial charge in [0.1, 0.15) is 23.4 Å². The van der Waals surface area contributed by atoms with Crippen molar-refractivity contribution in [2.24, 2.45) is 0 Å². The molecule has 0 bridgehead atoms. The van der Waals surface area contributed by atoms with Gasteiger partial charge in [0.05, 0.1) is 25.7 Å². The Hall–Kier alpha value is -4.34. The Balaban J connectivity index is 1.30. The van der Waals surface area contributed by atoms with Crippen molar-refractivity contribution in [1.82, 2.24) is 15.2 Å². The minimum Gasteiger partial charge on any atom is -0.492 e. The molecule has 10 heteroatoms. The maximum absolute atomic E-state index is 14.2. The number of hydrogen-bond acceptors (Lipinski definition) is 6. The van der Waals surface area contributed by atoms with Gasteiger partial charge >= 0.3 is 12.1 Å². The Bertz CT molecular complexity index is 1580. The van der Waals surface area contributed by atoms with Crippen molar-refractivity contribution in [1.29, 1.82) is 0 Å². The molecule has 2 aliphatic rings. The van der Waals surface area contributed by atoms with Crippen LogP contribution in [-0.2, 0) is 22.1 Å². The fourth-order valence-corrected chi connectivity index (χ4v) is 5.56. The second-order valence-corrected chi connectivity index (χ2v) is 10.0. The Labute approximate surface area is 228 Å². The van der Waals surface area contributed by atoms with Crippen LogP contribution < -0.4 is 9.47 Å². The lowest BCUT2D eigenvalue weighted by molar-refractivity contribution is -0.141. The number of methoxy groups -OCH3 is 1. The highest BCUT2D eigenvalue weighted by atomic mass is 19.4. The largest absolute Gasteiger partial charge is 0.492 e. The molecule has 0 amide bonds. The second-order valence-electron chi connectivity index (χ2n) is 10.0. The van der Waals surface area contributed by atoms with Crippen LogP contribution in [0.2, 0.25) is 0 Å². The van der Waals surface area contributed by atoms with Gasteiger partial charge in [-0.05, 0) is 54.2 Å². The van der Waals surface area contributed by atoms with Gasteiger partial charge in [-0.25, -0.2) is 4.98 Å². The fourth-order valence-electron chi connectivity index (χ4n) is 5.56. The molecule has 0 radical (unpaired) electrons. The van der Waals surface area contributed by atoms with Gasteiger partial charge in [-0.1, -0.05) is 36.4 Å². The number of aromatic amines is 1. The summed E-state index contributed by atoms with van der Waals surface area (Å²) >= 11 is 0. The van der Waals surface area contributed by atoms with Crippen LogP contribution in [0.15, 0.2) is 54.6 Å². The van der Waals surface area contributed by atoms with Crippen molar-refractivity contribution in [2.75, 3.05) is 13.7 Å². The number of halogens is 3. The highest BCUT2D eigenvalue weighted by molar-refractivity contribution is 5.76. The zero-order valence-corrected chi connectivity index (χ0v) is 21.8. The monoisotopic (exact) mass is 549 g/mol. The predicted molar refractivity (Wildman–Crippen MR) is 140 cm³/mol. The number of alkyl halides is 3. The quantitative estimate of drug-likeness (QED) is 0.274. The van der Waals surface area contributed by atoms with Crippen LogP contribution in [-0.4, -0.2) is 34.9 Å². The molecule has 1 aromatic heterocycles. The Morgan fingerprint density at radius 2 is 1.82 bits per heavy atom. The first kappa shape index (κ1) is 25.9. The van der Waals surface area contributed by atoms with E-state index in [-0.39, 0.29) is 23.9 Å². The molecule has 2 atom stereocenters. The third kappa shape index (κ3) is 4.78. The smallest absolute Gasteiger partial charge is 0.417 e. The van der Waals surface area contributed by atoms with Gasteiger partial charge in [-0.15, -0.1) is 0 Å². The average molecular weight is 550 g/mol. The molecule has 1 aliphatic heterocycles. The molecule has 0 spiro atoms. The van der Waals surface area contributed by atoms with Gasteiger partial charge in [0.2, 0.25) is 0 Å². The number of hydrogen-bond donors (Lipinski definition) is 1. The van der Waals surface area contributed by atoms with Crippen molar-refractivity contribution < 1.29 is 32.2 Å². The second kappa shape index (κ2) is 10.0. The first-order valence-corrected chi connectivity index (χ1v) is 12.9. The first-order chi connectivity index (χ1) is 19.2. The summed E-state index contributed by atoms with van der Waals surface area (Å²) in [5, 5.41) is 6.91. The van der Waals surface area contributed by atoms with Crippen molar-refractivity contribution >= 4 is 5.97 Å². The average Bonchev–Trinajstić information content (AvgIpc) is 3.66. The van der Waals surface area contributed by atoms with Gasteiger partial charge in [-0.2, -0.15) is 18.3 Å². The van der Waals surface area contributed by atoms with Crippen molar-refractivity contribution in [3.8, 4) is 34.0 Å². The Morgan fingerprint density at radius 3 is 2.52 bits per heavy atom. The van der Waals surface area contributed by atoms with Gasteiger partial charge in [-0.3, -0.25) is 9.89 Å². The SMILES string of the molecule is COC(=O)CC1COc2cc(O[C@@H]3CCc4c3ccc(C(F)(F)F)c4-c3ccc(-c4n[nH]c(C)n4)cc3)ccc21. The number of aryl methyl sites for hydroxylation is 1. The van der Waals surface area contributed by atoms with Crippen LogP contribution in [0, 0.1) is 6.92 Å². The predicted octanol–water partition coefficient (Wildman–Crippen LogP) is 6.57. The number of nitrogens with one attached hydrogen (secondary N) is 1. The highest BCUT2D eigenvalue weighted by Gasteiger charge is 2.38. The summed E-state index contributed by atoms with van der Waals surface area (Å²) in [5.41, 5.74) is 2.98. The van der Waals surface area contributed by atoms with Gasteiger partial charge in [0, 0.05) is 23.1 Å². The number of carbonyl (C=O) groups is 1. The van der Waals surface area contributed by atoms with E-state index in [0.29, 0.717) is 59.3 Å². The maximum atomic E-state index is 14.2. The number of fused-ring (bicyclic) bond motifs is 2. The Morgan fingerprint density at radius 1 is 1.07 bits per heavy atom. The molecule has 6 rings (SSSR count). The van der Waals surface area contributed by atoms with Gasteiger partial charge in [0.15, 0.2) is 5.82 Å². The summed E-state index contributed by atoms with van der Waals surface area (Å²) in [7, 11) is 1.35. The van der Waals surface area contributed by atoms with Crippen LogP contribution in [0.4, 0.5) is 13.2 Å². The molecule has 1 aliphatic carbocycles. The molecule has 0 fully saturated rings. The molecule has 1 unspecified atom stereocenters. The van der Waals surface area contributed by atoms with E-state index in [4.69, 9.17) is 14.2 Å². The van der Waals surface area contributed by atoms with Gasteiger partial charge < -0.3 is 14.2 Å². The summed E-state index contributed by atoms with van der Waals surface area (Å²) in [4.78, 5) is 16.0. The number of ether oxygens (including phenoxy) is 3. The van der Waals surface area contributed by atoms with E-state index in [2.05, 4.69) is 15.2 Å². The summed E-state index contributed by atoms with van der Waals surface area (Å²) < 4.78 is 59.3. The minimum atomic E-state index is -4.51. The summed E-state index contributed by atoms with van der Waals surface area (Å²) in [6.07, 6.45) is -3.70. The van der Waals surface area contributed by atoms with Crippen molar-refractivity contribution in [3.63, 3.8) is 0 Å². The van der Waals surface area contributed by atoms with E-state index < -0.39 is 17.8 Å². The molecule has 0 saturated heterocycles. The van der Waals surface area contributed by atoms with Crippen molar-refractivity contribution in [2.45, 2.75) is 44.4 Å². The van der Waals surface area contributed by atoms with Crippen LogP contribution in [0.25, 0.3) is 22.5 Å². The summed E-state index contributed by atoms with van der Waals surface area (Å²) in [6, 6.07) is 15.0. The molecule has 4 aromatic rings. The number of nitrogens with zero attached hydrogens (tertiary/aromatic N) is 2. The molecule has 206 valence electrons. The minimum absolute atomic E-state index is 0.0914. The molecule has 1 N–H and O–H groups in total. The molecule has 3 aromatic carbocycles.